The summed E-state index contributed by atoms with van der Waals surface area (Å²) in [7, 11) is 0. The number of aliphatic hydroxyl groups excluding tert-OH is 1. The fraction of sp³-hybridized carbons (Fsp3) is 0.526. The lowest BCUT2D eigenvalue weighted by Crippen LogP contribution is -2.21. The van der Waals surface area contributed by atoms with Crippen molar-refractivity contribution in [3.63, 3.8) is 0 Å². The molecule has 0 aromatic heterocycles. The van der Waals surface area contributed by atoms with Gasteiger partial charge in [-0.15, -0.1) is 0 Å². The van der Waals surface area contributed by atoms with Crippen LogP contribution in [0.5, 0.6) is 0 Å². The molecule has 1 aliphatic carbocycles. The van der Waals surface area contributed by atoms with Crippen LogP contribution in [-0.2, 0) is 9.53 Å². The van der Waals surface area contributed by atoms with Gasteiger partial charge in [0.1, 0.15) is 6.10 Å². The first-order valence-electron chi connectivity index (χ1n) is 7.88. The van der Waals surface area contributed by atoms with Crippen LogP contribution >= 0.6 is 0 Å². The molecule has 1 unspecified atom stereocenters. The van der Waals surface area contributed by atoms with Crippen LogP contribution in [-0.4, -0.2) is 23.3 Å². The Morgan fingerprint density at radius 1 is 1.45 bits per heavy atom. The maximum absolute atomic E-state index is 11.7. The molecule has 0 aromatic rings. The highest BCUT2D eigenvalue weighted by molar-refractivity contribution is 5.70. The van der Waals surface area contributed by atoms with Gasteiger partial charge in [-0.25, -0.2) is 0 Å². The molecule has 1 aliphatic rings. The van der Waals surface area contributed by atoms with E-state index in [1.54, 1.807) is 26.0 Å². The fourth-order valence-electron chi connectivity index (χ4n) is 2.01. The van der Waals surface area contributed by atoms with E-state index in [0.717, 1.165) is 24.8 Å². The van der Waals surface area contributed by atoms with Gasteiger partial charge >= 0.3 is 5.97 Å². The molecule has 0 spiro atoms. The van der Waals surface area contributed by atoms with Gasteiger partial charge in [0, 0.05) is 12.5 Å². The van der Waals surface area contributed by atoms with Gasteiger partial charge in [0.05, 0.1) is 0 Å². The molecule has 1 atom stereocenters. The lowest BCUT2D eigenvalue weighted by atomic mass is 9.98. The zero-order valence-corrected chi connectivity index (χ0v) is 14.2. The van der Waals surface area contributed by atoms with Crippen molar-refractivity contribution in [3.05, 3.63) is 48.6 Å². The largest absolute Gasteiger partial charge is 0.458 e. The highest BCUT2D eigenvalue weighted by Crippen LogP contribution is 2.21. The molecule has 1 N–H and O–H groups in total. The number of carbonyl (C=O) groups is 1. The Balaban J connectivity index is 0.000000980. The molecule has 3 nitrogen and oxygen atoms in total. The third kappa shape index (κ3) is 10.2. The summed E-state index contributed by atoms with van der Waals surface area (Å²) in [5.41, 5.74) is 2.19. The summed E-state index contributed by atoms with van der Waals surface area (Å²) in [6, 6.07) is 0. The number of carbonyl (C=O) groups excluding carboxylic acids is 1. The lowest BCUT2D eigenvalue weighted by Gasteiger charge is -2.22. The van der Waals surface area contributed by atoms with Crippen LogP contribution in [0, 0.1) is 0 Å². The predicted octanol–water partition coefficient (Wildman–Crippen LogP) is 4.49. The number of allylic oxidation sites excluding steroid dienone is 5. The quantitative estimate of drug-likeness (QED) is 0.446. The molecule has 0 saturated heterocycles. The zero-order valence-electron chi connectivity index (χ0n) is 14.2. The molecule has 0 aromatic carbocycles. The van der Waals surface area contributed by atoms with Gasteiger partial charge in [-0.1, -0.05) is 37.5 Å². The Morgan fingerprint density at radius 3 is 2.59 bits per heavy atom. The molecule has 3 heteroatoms. The standard InChI is InChI=1S/C16H22O2.C3H8O/c1-4-8-14(5-2)11-12-16(17)18-15-10-7-6-9-13(15)3;1-3(2)4/h4-5,8-9,15H,1-2,6-7,10-12H2,3H3;3-4H,1-2H3/b14-8+;. The van der Waals surface area contributed by atoms with Crippen LogP contribution in [0.25, 0.3) is 0 Å². The minimum Gasteiger partial charge on any atom is -0.458 e. The zero-order chi connectivity index (χ0) is 17.0. The van der Waals surface area contributed by atoms with E-state index in [1.165, 1.54) is 5.57 Å². The summed E-state index contributed by atoms with van der Waals surface area (Å²) in [6.45, 7) is 12.8. The number of ether oxygens (including phenoxy) is 1. The van der Waals surface area contributed by atoms with E-state index in [-0.39, 0.29) is 18.2 Å². The van der Waals surface area contributed by atoms with Gasteiger partial charge < -0.3 is 9.84 Å². The summed E-state index contributed by atoms with van der Waals surface area (Å²) >= 11 is 0. The molecule has 0 amide bonds. The normalized spacial score (nSPS) is 18.0. The van der Waals surface area contributed by atoms with Crippen molar-refractivity contribution < 1.29 is 14.6 Å². The van der Waals surface area contributed by atoms with Crippen molar-refractivity contribution in [1.82, 2.24) is 0 Å². The van der Waals surface area contributed by atoms with Gasteiger partial charge in [-0.3, -0.25) is 4.79 Å². The molecule has 0 bridgehead atoms. The maximum Gasteiger partial charge on any atom is 0.306 e. The minimum absolute atomic E-state index is 0.0122. The molecular weight excluding hydrogens is 276 g/mol. The van der Waals surface area contributed by atoms with E-state index >= 15 is 0 Å². The molecule has 0 aliphatic heterocycles. The van der Waals surface area contributed by atoms with Crippen LogP contribution in [0.2, 0.25) is 0 Å². The topological polar surface area (TPSA) is 46.5 Å². The Kier molecular flexibility index (Phi) is 11.1. The van der Waals surface area contributed by atoms with Crippen LogP contribution < -0.4 is 0 Å². The van der Waals surface area contributed by atoms with Crippen LogP contribution in [0.3, 0.4) is 0 Å². The lowest BCUT2D eigenvalue weighted by molar-refractivity contribution is -0.147. The number of hydrogen-bond acceptors (Lipinski definition) is 3. The Labute approximate surface area is 135 Å². The highest BCUT2D eigenvalue weighted by atomic mass is 16.5. The SMILES string of the molecule is C=C/C=C(\C=C)CCC(=O)OC1CCCC=C1C.CC(C)O. The average Bonchev–Trinajstić information content (AvgIpc) is 2.45. The van der Waals surface area contributed by atoms with E-state index in [9.17, 15) is 4.79 Å². The fourth-order valence-corrected chi connectivity index (χ4v) is 2.01. The van der Waals surface area contributed by atoms with Crippen molar-refractivity contribution in [2.45, 2.75) is 65.1 Å². The summed E-state index contributed by atoms with van der Waals surface area (Å²) in [6.07, 6.45) is 11.5. The summed E-state index contributed by atoms with van der Waals surface area (Å²) in [4.78, 5) is 11.7. The van der Waals surface area contributed by atoms with E-state index in [0.29, 0.717) is 12.8 Å². The monoisotopic (exact) mass is 306 g/mol. The molecule has 0 saturated carbocycles. The molecule has 124 valence electrons. The van der Waals surface area contributed by atoms with E-state index in [1.807, 2.05) is 13.0 Å². The third-order valence-electron chi connectivity index (χ3n) is 3.13. The smallest absolute Gasteiger partial charge is 0.306 e. The first-order valence-corrected chi connectivity index (χ1v) is 7.88. The second-order valence-corrected chi connectivity index (χ2v) is 5.63. The Hall–Kier alpha value is -1.61. The first kappa shape index (κ1) is 20.4. The molecule has 0 fully saturated rings. The summed E-state index contributed by atoms with van der Waals surface area (Å²) < 4.78 is 5.48. The van der Waals surface area contributed by atoms with Gasteiger partial charge in [-0.05, 0) is 57.6 Å². The van der Waals surface area contributed by atoms with Gasteiger partial charge in [0.25, 0.3) is 0 Å². The Morgan fingerprint density at radius 2 is 2.09 bits per heavy atom. The van der Waals surface area contributed by atoms with Crippen molar-refractivity contribution >= 4 is 5.97 Å². The number of esters is 1. The third-order valence-corrected chi connectivity index (χ3v) is 3.13. The van der Waals surface area contributed by atoms with Gasteiger partial charge in [-0.2, -0.15) is 0 Å². The molecular formula is C19H30O3. The maximum atomic E-state index is 11.7. The molecule has 1 rings (SSSR count). The number of rotatable bonds is 6. The van der Waals surface area contributed by atoms with Gasteiger partial charge in [0.2, 0.25) is 0 Å². The van der Waals surface area contributed by atoms with Crippen LogP contribution in [0.1, 0.15) is 52.9 Å². The van der Waals surface area contributed by atoms with Crippen LogP contribution in [0.4, 0.5) is 0 Å². The van der Waals surface area contributed by atoms with Gasteiger partial charge in [0.15, 0.2) is 0 Å². The first-order chi connectivity index (χ1) is 10.4. The highest BCUT2D eigenvalue weighted by Gasteiger charge is 2.18. The second kappa shape index (κ2) is 12.0. The van der Waals surface area contributed by atoms with Crippen molar-refractivity contribution in [2.24, 2.45) is 0 Å². The Bertz CT molecular complexity index is 414. The predicted molar refractivity (Wildman–Crippen MR) is 92.6 cm³/mol. The minimum atomic E-state index is -0.167. The van der Waals surface area contributed by atoms with E-state index in [4.69, 9.17) is 9.84 Å². The summed E-state index contributed by atoms with van der Waals surface area (Å²) in [5.74, 6) is -0.133. The molecule has 0 heterocycles. The number of aliphatic hydroxyl groups is 1. The molecule has 0 radical (unpaired) electrons. The van der Waals surface area contributed by atoms with Crippen molar-refractivity contribution in [2.75, 3.05) is 0 Å². The van der Waals surface area contributed by atoms with Crippen molar-refractivity contribution in [3.8, 4) is 0 Å². The summed E-state index contributed by atoms with van der Waals surface area (Å²) in [5, 5.41) is 8.06. The second-order valence-electron chi connectivity index (χ2n) is 5.63. The van der Waals surface area contributed by atoms with Crippen LogP contribution in [0.15, 0.2) is 48.6 Å². The molecule has 22 heavy (non-hydrogen) atoms. The van der Waals surface area contributed by atoms with Crippen molar-refractivity contribution in [1.29, 1.82) is 0 Å². The average molecular weight is 306 g/mol. The van der Waals surface area contributed by atoms with E-state index in [2.05, 4.69) is 19.2 Å². The number of hydrogen-bond donors (Lipinski definition) is 1. The van der Waals surface area contributed by atoms with E-state index < -0.39 is 0 Å².